The summed E-state index contributed by atoms with van der Waals surface area (Å²) >= 11 is 0. The molecule has 0 aromatic carbocycles. The van der Waals surface area contributed by atoms with Gasteiger partial charge in [-0.2, -0.15) is 10.4 Å². The Balaban J connectivity index is 1.79. The Hall–Kier alpha value is -2.95. The third-order valence-corrected chi connectivity index (χ3v) is 4.31. The van der Waals surface area contributed by atoms with Crippen LogP contribution in [0.4, 0.5) is 0 Å². The van der Waals surface area contributed by atoms with Crippen molar-refractivity contribution < 1.29 is 9.59 Å². The summed E-state index contributed by atoms with van der Waals surface area (Å²) in [6, 6.07) is 2.08. The molecule has 2 amide bonds. The van der Waals surface area contributed by atoms with Crippen molar-refractivity contribution in [3.63, 3.8) is 0 Å². The van der Waals surface area contributed by atoms with E-state index in [0.29, 0.717) is 37.1 Å². The highest BCUT2D eigenvalue weighted by Crippen LogP contribution is 2.18. The van der Waals surface area contributed by atoms with Gasteiger partial charge in [-0.1, -0.05) is 0 Å². The topological polar surface area (TPSA) is 103 Å². The first-order chi connectivity index (χ1) is 11.5. The van der Waals surface area contributed by atoms with Gasteiger partial charge in [-0.25, -0.2) is 9.50 Å². The monoisotopic (exact) mass is 326 g/mol. The van der Waals surface area contributed by atoms with Gasteiger partial charge in [0.1, 0.15) is 11.6 Å². The Morgan fingerprint density at radius 1 is 1.46 bits per heavy atom. The zero-order valence-corrected chi connectivity index (χ0v) is 13.7. The summed E-state index contributed by atoms with van der Waals surface area (Å²) in [5, 5.41) is 16.0. The van der Waals surface area contributed by atoms with Gasteiger partial charge < -0.3 is 10.2 Å². The van der Waals surface area contributed by atoms with Crippen LogP contribution in [0.2, 0.25) is 0 Å². The van der Waals surface area contributed by atoms with E-state index in [-0.39, 0.29) is 18.4 Å². The molecule has 0 spiro atoms. The summed E-state index contributed by atoms with van der Waals surface area (Å²) < 4.78 is 1.64. The number of hydrogen-bond acceptors (Lipinski definition) is 5. The first kappa shape index (κ1) is 15.9. The fourth-order valence-corrected chi connectivity index (χ4v) is 2.99. The van der Waals surface area contributed by atoms with E-state index in [1.165, 1.54) is 6.20 Å². The van der Waals surface area contributed by atoms with Crippen molar-refractivity contribution in [2.75, 3.05) is 19.6 Å². The number of carbonyl (C=O) groups excluding carboxylic acids is 2. The number of nitrogens with zero attached hydrogens (tertiary/aromatic N) is 5. The van der Waals surface area contributed by atoms with Gasteiger partial charge >= 0.3 is 0 Å². The number of carbonyl (C=O) groups is 2. The maximum Gasteiger partial charge on any atom is 0.239 e. The van der Waals surface area contributed by atoms with Gasteiger partial charge in [0.05, 0.1) is 12.7 Å². The minimum absolute atomic E-state index is 0.0399. The maximum atomic E-state index is 12.3. The predicted molar refractivity (Wildman–Crippen MR) is 85.1 cm³/mol. The van der Waals surface area contributed by atoms with Gasteiger partial charge in [-0.05, 0) is 25.8 Å². The van der Waals surface area contributed by atoms with Crippen LogP contribution in [0.5, 0.6) is 0 Å². The molecule has 8 nitrogen and oxygen atoms in total. The largest absolute Gasteiger partial charge is 0.353 e. The van der Waals surface area contributed by atoms with E-state index in [0.717, 1.165) is 17.0 Å². The summed E-state index contributed by atoms with van der Waals surface area (Å²) in [5.41, 5.74) is 3.59. The molecule has 1 N–H and O–H groups in total. The molecule has 1 fully saturated rings. The first-order valence-corrected chi connectivity index (χ1v) is 7.79. The molecule has 2 aromatic heterocycles. The van der Waals surface area contributed by atoms with Gasteiger partial charge in [0.2, 0.25) is 11.8 Å². The lowest BCUT2D eigenvalue weighted by molar-refractivity contribution is -0.138. The molecule has 0 bridgehead atoms. The Morgan fingerprint density at radius 2 is 2.25 bits per heavy atom. The zero-order valence-electron chi connectivity index (χ0n) is 13.7. The predicted octanol–water partition coefficient (Wildman–Crippen LogP) is 0.109. The van der Waals surface area contributed by atoms with Crippen LogP contribution < -0.4 is 5.32 Å². The summed E-state index contributed by atoms with van der Waals surface area (Å²) in [4.78, 5) is 29.7. The van der Waals surface area contributed by atoms with Crippen molar-refractivity contribution in [3.8, 4) is 6.07 Å². The van der Waals surface area contributed by atoms with Crippen LogP contribution in [0.25, 0.3) is 5.65 Å². The smallest absolute Gasteiger partial charge is 0.239 e. The second-order valence-electron chi connectivity index (χ2n) is 5.83. The standard InChI is InChI=1S/C16H18N6O2/c1-10-13(3-4-15(24)21-6-5-18-14(23)9-21)11(2)22-16(20-10)12(7-17)8-19-22/h8H,3-6,9H2,1-2H3,(H,18,23). The van der Waals surface area contributed by atoms with E-state index in [4.69, 9.17) is 5.26 Å². The Morgan fingerprint density at radius 3 is 2.96 bits per heavy atom. The highest BCUT2D eigenvalue weighted by molar-refractivity contribution is 5.86. The van der Waals surface area contributed by atoms with Crippen LogP contribution in [0, 0.1) is 25.2 Å². The van der Waals surface area contributed by atoms with E-state index < -0.39 is 0 Å². The van der Waals surface area contributed by atoms with E-state index in [2.05, 4.69) is 21.5 Å². The normalized spacial score (nSPS) is 14.5. The van der Waals surface area contributed by atoms with Crippen LogP contribution in [0.1, 0.15) is 28.9 Å². The molecule has 24 heavy (non-hydrogen) atoms. The van der Waals surface area contributed by atoms with E-state index in [1.807, 2.05) is 13.8 Å². The average molecular weight is 326 g/mol. The van der Waals surface area contributed by atoms with Gasteiger partial charge in [-0.3, -0.25) is 9.59 Å². The number of fused-ring (bicyclic) bond motifs is 1. The van der Waals surface area contributed by atoms with Crippen LogP contribution in [-0.2, 0) is 16.0 Å². The number of aryl methyl sites for hydroxylation is 2. The van der Waals surface area contributed by atoms with Gasteiger partial charge in [0, 0.05) is 30.9 Å². The quantitative estimate of drug-likeness (QED) is 0.862. The molecule has 1 aliphatic rings. The second-order valence-corrected chi connectivity index (χ2v) is 5.83. The number of hydrogen-bond donors (Lipinski definition) is 1. The van der Waals surface area contributed by atoms with Crippen LogP contribution in [0.15, 0.2) is 6.20 Å². The Labute approximate surface area is 139 Å². The zero-order chi connectivity index (χ0) is 17.3. The average Bonchev–Trinajstić information content (AvgIpc) is 2.97. The fourth-order valence-electron chi connectivity index (χ4n) is 2.99. The first-order valence-electron chi connectivity index (χ1n) is 7.79. The second kappa shape index (κ2) is 6.28. The molecule has 3 rings (SSSR count). The number of aromatic nitrogens is 3. The summed E-state index contributed by atoms with van der Waals surface area (Å²) in [6.07, 6.45) is 2.34. The van der Waals surface area contributed by atoms with Crippen LogP contribution in [0.3, 0.4) is 0 Å². The molecule has 124 valence electrons. The fraction of sp³-hybridized carbons (Fsp3) is 0.438. The molecule has 0 unspecified atom stereocenters. The Kier molecular flexibility index (Phi) is 4.16. The number of amides is 2. The number of nitriles is 1. The molecule has 3 heterocycles. The molecule has 1 aliphatic heterocycles. The van der Waals surface area contributed by atoms with Gasteiger partial charge in [0.25, 0.3) is 0 Å². The summed E-state index contributed by atoms with van der Waals surface area (Å²) in [6.45, 7) is 4.95. The van der Waals surface area contributed by atoms with E-state index in [1.54, 1.807) is 9.42 Å². The van der Waals surface area contributed by atoms with Crippen molar-refractivity contribution in [1.82, 2.24) is 24.8 Å². The van der Waals surface area contributed by atoms with E-state index in [9.17, 15) is 9.59 Å². The number of piperazine rings is 1. The lowest BCUT2D eigenvalue weighted by Crippen LogP contribution is -2.50. The van der Waals surface area contributed by atoms with E-state index >= 15 is 0 Å². The maximum absolute atomic E-state index is 12.3. The lowest BCUT2D eigenvalue weighted by atomic mass is 10.1. The minimum Gasteiger partial charge on any atom is -0.353 e. The van der Waals surface area contributed by atoms with Crippen LogP contribution >= 0.6 is 0 Å². The summed E-state index contributed by atoms with van der Waals surface area (Å²) in [7, 11) is 0. The SMILES string of the molecule is Cc1nc2c(C#N)cnn2c(C)c1CCC(=O)N1CCNC(=O)C1. The molecule has 8 heteroatoms. The minimum atomic E-state index is -0.120. The third-order valence-electron chi connectivity index (χ3n) is 4.31. The third kappa shape index (κ3) is 2.80. The molecule has 0 atom stereocenters. The summed E-state index contributed by atoms with van der Waals surface area (Å²) in [5.74, 6) is -0.160. The lowest BCUT2D eigenvalue weighted by Gasteiger charge is -2.26. The highest BCUT2D eigenvalue weighted by atomic mass is 16.2. The molecule has 0 saturated carbocycles. The van der Waals surface area contributed by atoms with Crippen molar-refractivity contribution in [3.05, 3.63) is 28.7 Å². The molecule has 0 aliphatic carbocycles. The number of nitrogens with one attached hydrogen (secondary N) is 1. The molecule has 1 saturated heterocycles. The van der Waals surface area contributed by atoms with Crippen molar-refractivity contribution >= 4 is 17.5 Å². The van der Waals surface area contributed by atoms with Crippen molar-refractivity contribution in [1.29, 1.82) is 5.26 Å². The van der Waals surface area contributed by atoms with Crippen molar-refractivity contribution in [2.45, 2.75) is 26.7 Å². The molecular weight excluding hydrogens is 308 g/mol. The van der Waals surface area contributed by atoms with Gasteiger partial charge in [-0.15, -0.1) is 0 Å². The molecular formula is C16H18N6O2. The Bertz CT molecular complexity index is 864. The van der Waals surface area contributed by atoms with Gasteiger partial charge in [0.15, 0.2) is 5.65 Å². The van der Waals surface area contributed by atoms with Crippen LogP contribution in [-0.4, -0.2) is 50.9 Å². The molecule has 2 aromatic rings. The number of rotatable bonds is 3. The molecule has 0 radical (unpaired) electrons. The highest BCUT2D eigenvalue weighted by Gasteiger charge is 2.22. The van der Waals surface area contributed by atoms with Crippen molar-refractivity contribution in [2.24, 2.45) is 0 Å².